The van der Waals surface area contributed by atoms with Crippen molar-refractivity contribution < 1.29 is 18.1 Å². The number of unbranched alkanes of at least 4 members (excludes halogenated alkanes) is 1. The van der Waals surface area contributed by atoms with E-state index in [-0.39, 0.29) is 23.2 Å². The highest BCUT2D eigenvalue weighted by molar-refractivity contribution is 7.89. The lowest BCUT2D eigenvalue weighted by molar-refractivity contribution is -0.312. The maximum atomic E-state index is 13.8. The van der Waals surface area contributed by atoms with E-state index in [0.717, 1.165) is 44.9 Å². The molecule has 2 aromatic rings. The molecule has 4 rings (SSSR count). The lowest BCUT2D eigenvalue weighted by Gasteiger charge is -2.37. The van der Waals surface area contributed by atoms with Gasteiger partial charge in [0.1, 0.15) is 11.4 Å². The first-order chi connectivity index (χ1) is 17.9. The van der Waals surface area contributed by atoms with E-state index in [2.05, 4.69) is 15.6 Å². The van der Waals surface area contributed by atoms with Crippen LogP contribution in [0.2, 0.25) is 0 Å². The van der Waals surface area contributed by atoms with Crippen molar-refractivity contribution in [2.45, 2.75) is 70.4 Å². The monoisotopic (exact) mass is 535 g/mol. The number of nitrogens with zero attached hydrogens (tertiary/aromatic N) is 3. The quantitative estimate of drug-likeness (QED) is 0.291. The Balaban J connectivity index is 1.53. The highest BCUT2D eigenvalue weighted by Crippen LogP contribution is 2.28. The summed E-state index contributed by atoms with van der Waals surface area (Å²) in [6.07, 6.45) is 9.79. The molecule has 1 aromatic carbocycles. The highest BCUT2D eigenvalue weighted by Gasteiger charge is 2.37. The predicted molar refractivity (Wildman–Crippen MR) is 142 cm³/mol. The molecule has 12 heteroatoms. The molecule has 0 radical (unpaired) electrons. The van der Waals surface area contributed by atoms with Crippen LogP contribution in [0.3, 0.4) is 0 Å². The van der Waals surface area contributed by atoms with E-state index in [9.17, 15) is 18.0 Å². The van der Waals surface area contributed by atoms with Gasteiger partial charge in [0, 0.05) is 37.2 Å². The van der Waals surface area contributed by atoms with Gasteiger partial charge in [0.25, 0.3) is 10.9 Å². The van der Waals surface area contributed by atoms with Gasteiger partial charge in [-0.2, -0.15) is 10.0 Å². The van der Waals surface area contributed by atoms with E-state index >= 15 is 0 Å². The summed E-state index contributed by atoms with van der Waals surface area (Å²) in [7, 11) is -3.87. The predicted octanol–water partition coefficient (Wildman–Crippen LogP) is 2.54. The molecule has 0 amide bonds. The SMILES string of the molecule is CCCCC(CS(=O)(=O)N(ON1CCOCC1)C1CCCCC1)Nc1c(Nc2ccncc2)c(=O)c1=O. The number of hydrogen-bond acceptors (Lipinski definition) is 10. The van der Waals surface area contributed by atoms with Crippen LogP contribution in [0.5, 0.6) is 0 Å². The standard InChI is InChI=1S/C25H37N5O6S/c1-2-3-7-20(28-23-22(24(31)25(23)32)27-19-10-12-26-13-11-19)18-37(33,34)30(21-8-5-4-6-9-21)36-29-14-16-35-17-15-29/h10-13,20-21,28H,2-9,14-18H2,1H3,(H,26,27). The van der Waals surface area contributed by atoms with Crippen molar-refractivity contribution >= 4 is 27.1 Å². The molecule has 2 fully saturated rings. The van der Waals surface area contributed by atoms with Gasteiger partial charge in [0.2, 0.25) is 10.0 Å². The number of nitrogens with one attached hydrogen (secondary N) is 2. The Labute approximate surface area is 217 Å². The Bertz CT molecular complexity index is 1170. The van der Waals surface area contributed by atoms with Gasteiger partial charge in [0.05, 0.1) is 25.0 Å². The number of hydroxylamine groups is 3. The second kappa shape index (κ2) is 12.9. The van der Waals surface area contributed by atoms with Crippen LogP contribution in [0.25, 0.3) is 0 Å². The molecule has 1 aromatic heterocycles. The van der Waals surface area contributed by atoms with E-state index in [1.807, 2.05) is 6.92 Å². The average molecular weight is 536 g/mol. The van der Waals surface area contributed by atoms with Crippen molar-refractivity contribution in [3.63, 3.8) is 0 Å². The van der Waals surface area contributed by atoms with E-state index in [1.54, 1.807) is 29.6 Å². The van der Waals surface area contributed by atoms with Crippen LogP contribution in [0.4, 0.5) is 17.1 Å². The molecule has 2 aliphatic rings. The molecule has 0 bridgehead atoms. The van der Waals surface area contributed by atoms with E-state index < -0.39 is 26.9 Å². The summed E-state index contributed by atoms with van der Waals surface area (Å²) in [6, 6.07) is 2.57. The molecule has 1 aliphatic carbocycles. The van der Waals surface area contributed by atoms with Crippen LogP contribution in [0, 0.1) is 0 Å². The molecule has 1 saturated heterocycles. The molecule has 11 nitrogen and oxygen atoms in total. The Kier molecular flexibility index (Phi) is 9.65. The van der Waals surface area contributed by atoms with Crippen LogP contribution in [-0.2, 0) is 19.7 Å². The summed E-state index contributed by atoms with van der Waals surface area (Å²) >= 11 is 0. The summed E-state index contributed by atoms with van der Waals surface area (Å²) in [5.41, 5.74) is -0.398. The van der Waals surface area contributed by atoms with Gasteiger partial charge < -0.3 is 15.4 Å². The Morgan fingerprint density at radius 3 is 2.46 bits per heavy atom. The van der Waals surface area contributed by atoms with E-state index in [4.69, 9.17) is 9.68 Å². The first kappa shape index (κ1) is 27.6. The number of morpholine rings is 1. The van der Waals surface area contributed by atoms with Crippen molar-refractivity contribution in [3.8, 4) is 0 Å². The number of anilines is 3. The zero-order valence-electron chi connectivity index (χ0n) is 21.4. The molecule has 1 unspecified atom stereocenters. The third-order valence-electron chi connectivity index (χ3n) is 6.84. The van der Waals surface area contributed by atoms with Crippen molar-refractivity contribution in [2.24, 2.45) is 0 Å². The maximum Gasteiger partial charge on any atom is 0.253 e. The number of rotatable bonds is 13. The zero-order chi connectivity index (χ0) is 26.3. The first-order valence-corrected chi connectivity index (χ1v) is 14.8. The second-order valence-corrected chi connectivity index (χ2v) is 11.6. The van der Waals surface area contributed by atoms with Gasteiger partial charge in [-0.05, 0) is 31.4 Å². The third kappa shape index (κ3) is 7.14. The van der Waals surface area contributed by atoms with Gasteiger partial charge in [-0.3, -0.25) is 14.6 Å². The molecular formula is C25H37N5O6S. The fourth-order valence-electron chi connectivity index (χ4n) is 4.79. The normalized spacial score (nSPS) is 18.8. The summed E-state index contributed by atoms with van der Waals surface area (Å²) < 4.78 is 34.2. The molecular weight excluding hydrogens is 498 g/mol. The minimum Gasteiger partial charge on any atom is -0.379 e. The topological polar surface area (TPSA) is 130 Å². The number of ether oxygens (including phenoxy) is 1. The summed E-state index contributed by atoms with van der Waals surface area (Å²) in [4.78, 5) is 34.7. The summed E-state index contributed by atoms with van der Waals surface area (Å²) in [6.45, 7) is 3.97. The van der Waals surface area contributed by atoms with Crippen LogP contribution < -0.4 is 21.5 Å². The Hall–Kier alpha value is -2.38. The molecule has 1 aliphatic heterocycles. The minimum atomic E-state index is -3.87. The Morgan fingerprint density at radius 2 is 1.78 bits per heavy atom. The highest BCUT2D eigenvalue weighted by atomic mass is 32.2. The van der Waals surface area contributed by atoms with Gasteiger partial charge in [-0.1, -0.05) is 43.5 Å². The van der Waals surface area contributed by atoms with Gasteiger partial charge in [0.15, 0.2) is 0 Å². The van der Waals surface area contributed by atoms with Crippen molar-refractivity contribution in [3.05, 3.63) is 45.0 Å². The fraction of sp³-hybridized carbons (Fsp3) is 0.640. The van der Waals surface area contributed by atoms with Gasteiger partial charge in [-0.25, -0.2) is 8.42 Å². The zero-order valence-corrected chi connectivity index (χ0v) is 22.2. The molecule has 204 valence electrons. The third-order valence-corrected chi connectivity index (χ3v) is 8.58. The van der Waals surface area contributed by atoms with Crippen molar-refractivity contribution in [1.82, 2.24) is 14.5 Å². The molecule has 2 heterocycles. The smallest absolute Gasteiger partial charge is 0.253 e. The lowest BCUT2D eigenvalue weighted by atomic mass is 9.96. The maximum absolute atomic E-state index is 13.8. The van der Waals surface area contributed by atoms with Crippen LogP contribution >= 0.6 is 0 Å². The molecule has 2 N–H and O–H groups in total. The second-order valence-electron chi connectivity index (χ2n) is 9.70. The van der Waals surface area contributed by atoms with Crippen LogP contribution in [-0.4, -0.2) is 67.1 Å². The molecule has 1 atom stereocenters. The van der Waals surface area contributed by atoms with Gasteiger partial charge >= 0.3 is 0 Å². The van der Waals surface area contributed by atoms with E-state index in [1.165, 1.54) is 4.47 Å². The van der Waals surface area contributed by atoms with E-state index in [0.29, 0.717) is 38.4 Å². The van der Waals surface area contributed by atoms with Crippen LogP contribution in [0.15, 0.2) is 34.1 Å². The summed E-state index contributed by atoms with van der Waals surface area (Å²) in [5.74, 6) is -0.249. The average Bonchev–Trinajstić information content (AvgIpc) is 2.93. The molecule has 37 heavy (non-hydrogen) atoms. The summed E-state index contributed by atoms with van der Waals surface area (Å²) in [5, 5.41) is 7.71. The number of aromatic nitrogens is 1. The molecule has 0 spiro atoms. The van der Waals surface area contributed by atoms with Crippen molar-refractivity contribution in [1.29, 1.82) is 0 Å². The Morgan fingerprint density at radius 1 is 1.11 bits per heavy atom. The molecule has 1 saturated carbocycles. The number of sulfonamides is 1. The fourth-order valence-corrected chi connectivity index (χ4v) is 6.55. The largest absolute Gasteiger partial charge is 0.379 e. The number of hydrogen-bond donors (Lipinski definition) is 2. The minimum absolute atomic E-state index is 0.122. The van der Waals surface area contributed by atoms with Crippen molar-refractivity contribution in [2.75, 3.05) is 42.7 Å². The first-order valence-electron chi connectivity index (χ1n) is 13.2. The van der Waals surface area contributed by atoms with Gasteiger partial charge in [-0.15, -0.1) is 0 Å². The number of pyridine rings is 1. The van der Waals surface area contributed by atoms with Crippen LogP contribution in [0.1, 0.15) is 58.3 Å². The lowest BCUT2D eigenvalue weighted by Crippen LogP contribution is -2.51.